The van der Waals surface area contributed by atoms with Crippen LogP contribution >= 0.6 is 0 Å². The fraction of sp³-hybridized carbons (Fsp3) is 0.0476. The number of ketones is 1. The van der Waals surface area contributed by atoms with E-state index >= 15 is 0 Å². The molecule has 0 aliphatic rings. The number of aryl methyl sites for hydroxylation is 1. The molecule has 0 spiro atoms. The Balaban J connectivity index is 1.65. The van der Waals surface area contributed by atoms with E-state index < -0.39 is 0 Å². The van der Waals surface area contributed by atoms with Crippen LogP contribution in [0.2, 0.25) is 0 Å². The van der Waals surface area contributed by atoms with Crippen LogP contribution < -0.4 is 5.32 Å². The van der Waals surface area contributed by atoms with Crippen molar-refractivity contribution in [3.63, 3.8) is 0 Å². The van der Waals surface area contributed by atoms with Crippen molar-refractivity contribution in [1.29, 1.82) is 0 Å². The van der Waals surface area contributed by atoms with Crippen molar-refractivity contribution >= 4 is 23.5 Å². The molecule has 25 heavy (non-hydrogen) atoms. The quantitative estimate of drug-likeness (QED) is 0.543. The number of nitrogens with one attached hydrogen (secondary N) is 1. The van der Waals surface area contributed by atoms with Gasteiger partial charge in [0, 0.05) is 16.8 Å². The molecule has 4 heteroatoms. The lowest BCUT2D eigenvalue weighted by molar-refractivity contribution is 0.102. The van der Waals surface area contributed by atoms with Gasteiger partial charge in [-0.25, -0.2) is 0 Å². The molecule has 1 heterocycles. The lowest BCUT2D eigenvalue weighted by Gasteiger charge is -2.06. The molecule has 0 radical (unpaired) electrons. The molecule has 2 aromatic carbocycles. The molecule has 0 fully saturated rings. The highest BCUT2D eigenvalue weighted by atomic mass is 16.3. The first kappa shape index (κ1) is 16.5. The maximum absolute atomic E-state index is 12.2. The van der Waals surface area contributed by atoms with Crippen LogP contribution in [0, 0.1) is 6.92 Å². The third-order valence-electron chi connectivity index (χ3n) is 3.65. The Morgan fingerprint density at radius 3 is 2.44 bits per heavy atom. The smallest absolute Gasteiger partial charge is 0.255 e. The summed E-state index contributed by atoms with van der Waals surface area (Å²) in [6.07, 6.45) is 4.63. The molecule has 1 N–H and O–H groups in total. The van der Waals surface area contributed by atoms with Crippen molar-refractivity contribution in [2.45, 2.75) is 6.92 Å². The molecule has 124 valence electrons. The maximum Gasteiger partial charge on any atom is 0.255 e. The molecular weight excluding hydrogens is 314 g/mol. The standard InChI is InChI=1S/C21H17NO3/c1-15-4-2-5-17(14-15)21(24)22-18-9-7-16(8-10-18)20(23)12-11-19-6-3-13-25-19/h2-14H,1H3,(H,22,24)/b12-11-. The van der Waals surface area contributed by atoms with Crippen LogP contribution in [0.4, 0.5) is 5.69 Å². The van der Waals surface area contributed by atoms with Crippen LogP contribution in [-0.4, -0.2) is 11.7 Å². The predicted molar refractivity (Wildman–Crippen MR) is 97.6 cm³/mol. The number of carbonyl (C=O) groups excluding carboxylic acids is 2. The average Bonchev–Trinajstić information content (AvgIpc) is 3.14. The number of hydrogen-bond acceptors (Lipinski definition) is 3. The monoisotopic (exact) mass is 331 g/mol. The summed E-state index contributed by atoms with van der Waals surface area (Å²) in [6.45, 7) is 1.94. The summed E-state index contributed by atoms with van der Waals surface area (Å²) in [5.41, 5.74) is 2.80. The number of hydrogen-bond donors (Lipinski definition) is 1. The number of carbonyl (C=O) groups is 2. The van der Waals surface area contributed by atoms with Crippen LogP contribution in [0.25, 0.3) is 6.08 Å². The van der Waals surface area contributed by atoms with Crippen LogP contribution in [0.5, 0.6) is 0 Å². The molecule has 0 saturated heterocycles. The molecule has 0 aliphatic heterocycles. The summed E-state index contributed by atoms with van der Waals surface area (Å²) in [5, 5.41) is 2.82. The zero-order valence-electron chi connectivity index (χ0n) is 13.7. The minimum atomic E-state index is -0.180. The summed E-state index contributed by atoms with van der Waals surface area (Å²) in [6, 6.07) is 17.7. The van der Waals surface area contributed by atoms with Gasteiger partial charge in [-0.05, 0) is 67.6 Å². The Bertz CT molecular complexity index is 907. The number of rotatable bonds is 5. The van der Waals surface area contributed by atoms with Gasteiger partial charge in [0.15, 0.2) is 5.78 Å². The number of furan rings is 1. The molecule has 0 aliphatic carbocycles. The lowest BCUT2D eigenvalue weighted by Crippen LogP contribution is -2.12. The number of benzene rings is 2. The van der Waals surface area contributed by atoms with Crippen LogP contribution in [0.1, 0.15) is 32.0 Å². The Hall–Kier alpha value is -3.40. The third-order valence-corrected chi connectivity index (χ3v) is 3.65. The molecule has 0 unspecified atom stereocenters. The first-order valence-electron chi connectivity index (χ1n) is 7.86. The highest BCUT2D eigenvalue weighted by Gasteiger charge is 2.07. The van der Waals surface area contributed by atoms with Gasteiger partial charge in [0.05, 0.1) is 6.26 Å². The van der Waals surface area contributed by atoms with E-state index in [-0.39, 0.29) is 11.7 Å². The Labute approximate surface area is 145 Å². The second-order valence-corrected chi connectivity index (χ2v) is 5.61. The van der Waals surface area contributed by atoms with Crippen molar-refractivity contribution in [2.75, 3.05) is 5.32 Å². The molecular formula is C21H17NO3. The first-order chi connectivity index (χ1) is 12.1. The van der Waals surface area contributed by atoms with Gasteiger partial charge in [-0.1, -0.05) is 17.7 Å². The van der Waals surface area contributed by atoms with Gasteiger partial charge in [0.1, 0.15) is 5.76 Å². The highest BCUT2D eigenvalue weighted by molar-refractivity contribution is 6.07. The van der Waals surface area contributed by atoms with Gasteiger partial charge in [0.2, 0.25) is 0 Å². The van der Waals surface area contributed by atoms with E-state index in [1.54, 1.807) is 54.8 Å². The van der Waals surface area contributed by atoms with Crippen LogP contribution in [0.3, 0.4) is 0 Å². The minimum Gasteiger partial charge on any atom is -0.465 e. The maximum atomic E-state index is 12.2. The Kier molecular flexibility index (Phi) is 4.90. The van der Waals surface area contributed by atoms with E-state index in [2.05, 4.69) is 5.32 Å². The zero-order valence-corrected chi connectivity index (χ0v) is 13.7. The van der Waals surface area contributed by atoms with Gasteiger partial charge < -0.3 is 9.73 Å². The number of allylic oxidation sites excluding steroid dienone is 1. The largest absolute Gasteiger partial charge is 0.465 e. The van der Waals surface area contributed by atoms with Crippen LogP contribution in [0.15, 0.2) is 77.4 Å². The molecule has 1 amide bonds. The second kappa shape index (κ2) is 7.45. The first-order valence-corrected chi connectivity index (χ1v) is 7.86. The van der Waals surface area contributed by atoms with E-state index in [4.69, 9.17) is 4.42 Å². The van der Waals surface area contributed by atoms with Gasteiger partial charge in [-0.2, -0.15) is 0 Å². The second-order valence-electron chi connectivity index (χ2n) is 5.61. The molecule has 3 rings (SSSR count). The molecule has 0 saturated carbocycles. The lowest BCUT2D eigenvalue weighted by atomic mass is 10.1. The zero-order chi connectivity index (χ0) is 17.6. The topological polar surface area (TPSA) is 59.3 Å². The summed E-state index contributed by atoms with van der Waals surface area (Å²) >= 11 is 0. The Morgan fingerprint density at radius 2 is 1.76 bits per heavy atom. The summed E-state index contributed by atoms with van der Waals surface area (Å²) in [7, 11) is 0. The van der Waals surface area contributed by atoms with Crippen molar-refractivity contribution in [2.24, 2.45) is 0 Å². The van der Waals surface area contributed by atoms with E-state index in [1.807, 2.05) is 25.1 Å². The predicted octanol–water partition coefficient (Wildman–Crippen LogP) is 4.74. The average molecular weight is 331 g/mol. The van der Waals surface area contributed by atoms with E-state index in [1.165, 1.54) is 6.08 Å². The fourth-order valence-electron chi connectivity index (χ4n) is 2.35. The van der Waals surface area contributed by atoms with Crippen LogP contribution in [-0.2, 0) is 0 Å². The van der Waals surface area contributed by atoms with Gasteiger partial charge in [0.25, 0.3) is 5.91 Å². The van der Waals surface area contributed by atoms with E-state index in [0.29, 0.717) is 22.6 Å². The summed E-state index contributed by atoms with van der Waals surface area (Å²) in [4.78, 5) is 24.3. The Morgan fingerprint density at radius 1 is 0.960 bits per heavy atom. The van der Waals surface area contributed by atoms with Gasteiger partial charge >= 0.3 is 0 Å². The van der Waals surface area contributed by atoms with Crippen molar-refractivity contribution in [1.82, 2.24) is 0 Å². The summed E-state index contributed by atoms with van der Waals surface area (Å²) in [5.74, 6) is 0.309. The van der Waals surface area contributed by atoms with Crippen molar-refractivity contribution in [3.8, 4) is 0 Å². The fourth-order valence-corrected chi connectivity index (χ4v) is 2.35. The highest BCUT2D eigenvalue weighted by Crippen LogP contribution is 2.13. The van der Waals surface area contributed by atoms with Crippen molar-refractivity contribution in [3.05, 3.63) is 95.5 Å². The number of amides is 1. The molecule has 0 bridgehead atoms. The third kappa shape index (κ3) is 4.32. The van der Waals surface area contributed by atoms with Gasteiger partial charge in [-0.15, -0.1) is 0 Å². The molecule has 0 atom stereocenters. The summed E-state index contributed by atoms with van der Waals surface area (Å²) < 4.78 is 5.15. The van der Waals surface area contributed by atoms with E-state index in [9.17, 15) is 9.59 Å². The van der Waals surface area contributed by atoms with Crippen molar-refractivity contribution < 1.29 is 14.0 Å². The number of anilines is 1. The molecule has 1 aromatic heterocycles. The van der Waals surface area contributed by atoms with Gasteiger partial charge in [-0.3, -0.25) is 9.59 Å². The molecule has 4 nitrogen and oxygen atoms in total. The molecule has 3 aromatic rings. The van der Waals surface area contributed by atoms with E-state index in [0.717, 1.165) is 5.56 Å². The normalized spacial score (nSPS) is 10.8. The minimum absolute atomic E-state index is 0.132. The SMILES string of the molecule is Cc1cccc(C(=O)Nc2ccc(C(=O)/C=C\c3ccco3)cc2)c1.